The third kappa shape index (κ3) is 4.78. The van der Waals surface area contributed by atoms with E-state index in [1.54, 1.807) is 0 Å². The summed E-state index contributed by atoms with van der Waals surface area (Å²) in [6.07, 6.45) is 3.80. The monoisotopic (exact) mass is 352 g/mol. The zero-order chi connectivity index (χ0) is 18.5. The van der Waals surface area contributed by atoms with E-state index >= 15 is 0 Å². The molecule has 1 aliphatic rings. The van der Waals surface area contributed by atoms with Gasteiger partial charge in [-0.15, -0.1) is 0 Å². The van der Waals surface area contributed by atoms with E-state index in [9.17, 15) is 4.79 Å². The summed E-state index contributed by atoms with van der Waals surface area (Å²) in [5.74, 6) is 0.579. The number of nitrogens with zero attached hydrogens (tertiary/aromatic N) is 1. The molecule has 3 rings (SSSR count). The molecule has 0 bridgehead atoms. The SMILES string of the molecule is Cc1cc(C)cc(OCC(=O)Nc2ccc(N3CCCC[C@@H]3C)cc2)c1. The number of hydrogen-bond acceptors (Lipinski definition) is 3. The number of aryl methyl sites for hydroxylation is 2. The molecule has 138 valence electrons. The van der Waals surface area contributed by atoms with Crippen LogP contribution in [0.4, 0.5) is 11.4 Å². The van der Waals surface area contributed by atoms with Crippen molar-refractivity contribution in [2.45, 2.75) is 46.1 Å². The maximum Gasteiger partial charge on any atom is 0.262 e. The van der Waals surface area contributed by atoms with Crippen LogP contribution in [-0.2, 0) is 4.79 Å². The fourth-order valence-electron chi connectivity index (χ4n) is 3.58. The standard InChI is InChI=1S/C22H28N2O2/c1-16-12-17(2)14-21(13-16)26-15-22(25)23-19-7-9-20(10-8-19)24-11-5-4-6-18(24)3/h7-10,12-14,18H,4-6,11,15H2,1-3H3,(H,23,25)/t18-/m0/s1. The molecule has 1 N–H and O–H groups in total. The first kappa shape index (κ1) is 18.3. The van der Waals surface area contributed by atoms with Crippen LogP contribution in [0, 0.1) is 13.8 Å². The molecule has 1 saturated heterocycles. The number of nitrogens with one attached hydrogen (secondary N) is 1. The average Bonchev–Trinajstić information content (AvgIpc) is 2.60. The van der Waals surface area contributed by atoms with Crippen LogP contribution >= 0.6 is 0 Å². The van der Waals surface area contributed by atoms with Gasteiger partial charge in [0.05, 0.1) is 0 Å². The first-order chi connectivity index (χ1) is 12.5. The predicted molar refractivity (Wildman–Crippen MR) is 107 cm³/mol. The van der Waals surface area contributed by atoms with Gasteiger partial charge >= 0.3 is 0 Å². The lowest BCUT2D eigenvalue weighted by molar-refractivity contribution is -0.118. The van der Waals surface area contributed by atoms with Crippen LogP contribution in [0.1, 0.15) is 37.3 Å². The molecular weight excluding hydrogens is 324 g/mol. The second-order valence-corrected chi connectivity index (χ2v) is 7.25. The fourth-order valence-corrected chi connectivity index (χ4v) is 3.58. The lowest BCUT2D eigenvalue weighted by Crippen LogP contribution is -2.37. The molecule has 1 atom stereocenters. The molecule has 2 aromatic rings. The summed E-state index contributed by atoms with van der Waals surface area (Å²) >= 11 is 0. The Labute approximate surface area is 156 Å². The van der Waals surface area contributed by atoms with Gasteiger partial charge in [-0.25, -0.2) is 0 Å². The maximum atomic E-state index is 12.1. The van der Waals surface area contributed by atoms with Crippen LogP contribution in [0.15, 0.2) is 42.5 Å². The van der Waals surface area contributed by atoms with Crippen molar-refractivity contribution in [3.63, 3.8) is 0 Å². The normalized spacial score (nSPS) is 17.0. The smallest absolute Gasteiger partial charge is 0.262 e. The molecule has 0 aliphatic carbocycles. The Morgan fingerprint density at radius 2 is 1.81 bits per heavy atom. The number of carbonyl (C=O) groups is 1. The number of amides is 1. The van der Waals surface area contributed by atoms with Crippen molar-refractivity contribution < 1.29 is 9.53 Å². The molecule has 4 nitrogen and oxygen atoms in total. The van der Waals surface area contributed by atoms with Gasteiger partial charge in [0.1, 0.15) is 5.75 Å². The molecule has 1 heterocycles. The van der Waals surface area contributed by atoms with E-state index in [4.69, 9.17) is 4.74 Å². The summed E-state index contributed by atoms with van der Waals surface area (Å²) < 4.78 is 5.61. The van der Waals surface area contributed by atoms with E-state index in [2.05, 4.69) is 35.3 Å². The highest BCUT2D eigenvalue weighted by atomic mass is 16.5. The van der Waals surface area contributed by atoms with Gasteiger partial charge in [-0.2, -0.15) is 0 Å². The highest BCUT2D eigenvalue weighted by Gasteiger charge is 2.18. The fraction of sp³-hybridized carbons (Fsp3) is 0.409. The van der Waals surface area contributed by atoms with Gasteiger partial charge in [0.15, 0.2) is 6.61 Å². The molecule has 1 amide bonds. The maximum absolute atomic E-state index is 12.1. The Morgan fingerprint density at radius 3 is 2.46 bits per heavy atom. The van der Waals surface area contributed by atoms with E-state index in [0.717, 1.165) is 29.1 Å². The van der Waals surface area contributed by atoms with E-state index in [1.165, 1.54) is 24.9 Å². The van der Waals surface area contributed by atoms with Crippen molar-refractivity contribution >= 4 is 17.3 Å². The Morgan fingerprint density at radius 1 is 1.12 bits per heavy atom. The van der Waals surface area contributed by atoms with Crippen LogP contribution in [-0.4, -0.2) is 25.1 Å². The molecule has 0 spiro atoms. The first-order valence-electron chi connectivity index (χ1n) is 9.39. The highest BCUT2D eigenvalue weighted by Crippen LogP contribution is 2.25. The lowest BCUT2D eigenvalue weighted by atomic mass is 10.0. The number of carbonyl (C=O) groups excluding carboxylic acids is 1. The summed E-state index contributed by atoms with van der Waals surface area (Å²) in [4.78, 5) is 14.6. The van der Waals surface area contributed by atoms with E-state index in [-0.39, 0.29) is 12.5 Å². The number of benzene rings is 2. The van der Waals surface area contributed by atoms with E-state index < -0.39 is 0 Å². The van der Waals surface area contributed by atoms with Gasteiger partial charge in [-0.1, -0.05) is 6.07 Å². The third-order valence-corrected chi connectivity index (χ3v) is 4.85. The molecule has 2 aromatic carbocycles. The van der Waals surface area contributed by atoms with Gasteiger partial charge < -0.3 is 15.0 Å². The third-order valence-electron chi connectivity index (χ3n) is 4.85. The van der Waals surface area contributed by atoms with Crippen LogP contribution in [0.5, 0.6) is 5.75 Å². The molecule has 1 fully saturated rings. The van der Waals surface area contributed by atoms with Crippen molar-refractivity contribution in [2.24, 2.45) is 0 Å². The topological polar surface area (TPSA) is 41.6 Å². The number of hydrogen-bond donors (Lipinski definition) is 1. The van der Waals surface area contributed by atoms with Crippen molar-refractivity contribution in [1.29, 1.82) is 0 Å². The van der Waals surface area contributed by atoms with Gasteiger partial charge in [0, 0.05) is 24.0 Å². The molecule has 0 saturated carbocycles. The Balaban J connectivity index is 1.54. The summed E-state index contributed by atoms with van der Waals surface area (Å²) in [5, 5.41) is 2.90. The second-order valence-electron chi connectivity index (χ2n) is 7.25. The molecule has 0 aromatic heterocycles. The van der Waals surface area contributed by atoms with Crippen molar-refractivity contribution in [1.82, 2.24) is 0 Å². The quantitative estimate of drug-likeness (QED) is 0.848. The van der Waals surface area contributed by atoms with Crippen molar-refractivity contribution in [2.75, 3.05) is 23.4 Å². The van der Waals surface area contributed by atoms with Gasteiger partial charge in [0.2, 0.25) is 0 Å². The predicted octanol–water partition coefficient (Wildman–Crippen LogP) is 4.70. The van der Waals surface area contributed by atoms with Crippen LogP contribution in [0.3, 0.4) is 0 Å². The van der Waals surface area contributed by atoms with E-state index in [0.29, 0.717) is 6.04 Å². The number of piperidine rings is 1. The van der Waals surface area contributed by atoms with Gasteiger partial charge in [0.25, 0.3) is 5.91 Å². The Bertz CT molecular complexity index is 735. The number of rotatable bonds is 5. The molecule has 4 heteroatoms. The lowest BCUT2D eigenvalue weighted by Gasteiger charge is -2.35. The summed E-state index contributed by atoms with van der Waals surface area (Å²) in [7, 11) is 0. The second kappa shape index (κ2) is 8.26. The van der Waals surface area contributed by atoms with Crippen molar-refractivity contribution in [3.8, 4) is 5.75 Å². The number of anilines is 2. The van der Waals surface area contributed by atoms with Gasteiger partial charge in [-0.05, 0) is 87.6 Å². The molecular formula is C22H28N2O2. The summed E-state index contributed by atoms with van der Waals surface area (Å²) in [5.41, 5.74) is 4.28. The Hall–Kier alpha value is -2.49. The highest BCUT2D eigenvalue weighted by molar-refractivity contribution is 5.92. The minimum Gasteiger partial charge on any atom is -0.484 e. The summed E-state index contributed by atoms with van der Waals surface area (Å²) in [6.45, 7) is 7.43. The molecule has 0 radical (unpaired) electrons. The summed E-state index contributed by atoms with van der Waals surface area (Å²) in [6, 6.07) is 14.6. The molecule has 26 heavy (non-hydrogen) atoms. The minimum atomic E-state index is -0.150. The van der Waals surface area contributed by atoms with Gasteiger partial charge in [-0.3, -0.25) is 4.79 Å². The molecule has 1 aliphatic heterocycles. The number of ether oxygens (including phenoxy) is 1. The van der Waals surface area contributed by atoms with Crippen LogP contribution in [0.2, 0.25) is 0 Å². The first-order valence-corrected chi connectivity index (χ1v) is 9.39. The largest absolute Gasteiger partial charge is 0.484 e. The van der Waals surface area contributed by atoms with E-state index in [1.807, 2.05) is 38.1 Å². The van der Waals surface area contributed by atoms with Crippen LogP contribution < -0.4 is 15.0 Å². The van der Waals surface area contributed by atoms with Crippen LogP contribution in [0.25, 0.3) is 0 Å². The zero-order valence-electron chi connectivity index (χ0n) is 15.9. The average molecular weight is 352 g/mol. The zero-order valence-corrected chi connectivity index (χ0v) is 15.9. The minimum absolute atomic E-state index is 0.00774. The molecule has 0 unspecified atom stereocenters. The van der Waals surface area contributed by atoms with Crippen molar-refractivity contribution in [3.05, 3.63) is 53.6 Å². The Kier molecular flexibility index (Phi) is 5.82.